The quantitative estimate of drug-likeness (QED) is 0.631. The summed E-state index contributed by atoms with van der Waals surface area (Å²) in [6.07, 6.45) is -3.30. The molecule has 2 aromatic carbocycles. The summed E-state index contributed by atoms with van der Waals surface area (Å²) in [7, 11) is 5.86. The molecule has 138 valence electrons. The van der Waals surface area contributed by atoms with E-state index in [1.54, 1.807) is 6.07 Å². The minimum absolute atomic E-state index is 0.0292. The third kappa shape index (κ3) is 4.20. The zero-order chi connectivity index (χ0) is 20.5. The standard InChI is InChI=1S/C18H8BF3N2O3S/c19-12-6-9(7-15-16(25)24-17(26)28-15)1-4-14(12)27-13-3-2-10(8-23)5-11(13)18(20,21)22/h1-7H,(H,24,25,26)/b15-7-. The second-order valence-electron chi connectivity index (χ2n) is 5.57. The summed E-state index contributed by atoms with van der Waals surface area (Å²) in [5.41, 5.74) is -0.763. The molecule has 1 N–H and O–H groups in total. The van der Waals surface area contributed by atoms with Crippen molar-refractivity contribution in [2.45, 2.75) is 6.18 Å². The highest BCUT2D eigenvalue weighted by atomic mass is 32.2. The fourth-order valence-electron chi connectivity index (χ4n) is 2.35. The Morgan fingerprint density at radius 1 is 1.14 bits per heavy atom. The average molecular weight is 400 g/mol. The zero-order valence-electron chi connectivity index (χ0n) is 13.8. The van der Waals surface area contributed by atoms with Crippen molar-refractivity contribution in [2.24, 2.45) is 0 Å². The number of ether oxygens (including phenoxy) is 1. The Kier molecular flexibility index (Phi) is 5.20. The van der Waals surface area contributed by atoms with Gasteiger partial charge in [-0.2, -0.15) is 18.4 Å². The van der Waals surface area contributed by atoms with Gasteiger partial charge >= 0.3 is 6.18 Å². The molecule has 1 aliphatic rings. The molecule has 0 bridgehead atoms. The molecule has 2 amide bonds. The molecule has 0 saturated carbocycles. The van der Waals surface area contributed by atoms with Gasteiger partial charge in [-0.1, -0.05) is 17.6 Å². The fourth-order valence-corrected chi connectivity index (χ4v) is 3.03. The molecule has 0 spiro atoms. The summed E-state index contributed by atoms with van der Waals surface area (Å²) in [6.45, 7) is 0. The van der Waals surface area contributed by atoms with Crippen LogP contribution >= 0.6 is 11.8 Å². The first-order chi connectivity index (χ1) is 13.2. The van der Waals surface area contributed by atoms with E-state index >= 15 is 0 Å². The van der Waals surface area contributed by atoms with E-state index in [0.717, 1.165) is 17.8 Å². The maximum Gasteiger partial charge on any atom is 0.420 e. The number of rotatable bonds is 3. The number of alkyl halides is 3. The average Bonchev–Trinajstić information content (AvgIpc) is 2.93. The van der Waals surface area contributed by atoms with Crippen molar-refractivity contribution in [3.05, 3.63) is 58.0 Å². The lowest BCUT2D eigenvalue weighted by Crippen LogP contribution is -2.17. The molecule has 0 atom stereocenters. The number of thioether (sulfide) groups is 1. The van der Waals surface area contributed by atoms with Gasteiger partial charge in [0.05, 0.1) is 22.1 Å². The van der Waals surface area contributed by atoms with E-state index in [9.17, 15) is 22.8 Å². The largest absolute Gasteiger partial charge is 0.457 e. The Bertz CT molecular complexity index is 1060. The summed E-state index contributed by atoms with van der Waals surface area (Å²) in [5.74, 6) is -1.07. The van der Waals surface area contributed by atoms with Crippen molar-refractivity contribution < 1.29 is 27.5 Å². The highest BCUT2D eigenvalue weighted by Crippen LogP contribution is 2.38. The van der Waals surface area contributed by atoms with E-state index in [4.69, 9.17) is 17.8 Å². The van der Waals surface area contributed by atoms with Crippen LogP contribution < -0.4 is 15.5 Å². The zero-order valence-corrected chi connectivity index (χ0v) is 14.6. The summed E-state index contributed by atoms with van der Waals surface area (Å²) < 4.78 is 45.0. The summed E-state index contributed by atoms with van der Waals surface area (Å²) in [5, 5.41) is 10.4. The van der Waals surface area contributed by atoms with E-state index in [1.165, 1.54) is 30.3 Å². The van der Waals surface area contributed by atoms with E-state index in [1.807, 2.05) is 0 Å². The maximum absolute atomic E-state index is 13.2. The minimum atomic E-state index is -4.72. The van der Waals surface area contributed by atoms with Crippen LogP contribution in [-0.4, -0.2) is 19.0 Å². The van der Waals surface area contributed by atoms with E-state index < -0.39 is 28.6 Å². The predicted octanol–water partition coefficient (Wildman–Crippen LogP) is 3.49. The molecule has 0 aromatic heterocycles. The molecule has 3 rings (SSSR count). The molecular weight excluding hydrogens is 392 g/mol. The van der Waals surface area contributed by atoms with Gasteiger partial charge in [0, 0.05) is 0 Å². The van der Waals surface area contributed by atoms with Gasteiger partial charge in [0.25, 0.3) is 11.1 Å². The third-order valence-electron chi connectivity index (χ3n) is 3.61. The monoisotopic (exact) mass is 400 g/mol. The number of hydrogen-bond acceptors (Lipinski definition) is 5. The molecule has 28 heavy (non-hydrogen) atoms. The van der Waals surface area contributed by atoms with Gasteiger partial charge in [-0.15, -0.1) is 0 Å². The highest BCUT2D eigenvalue weighted by Gasteiger charge is 2.35. The highest BCUT2D eigenvalue weighted by molar-refractivity contribution is 8.18. The molecule has 2 aromatic rings. The van der Waals surface area contributed by atoms with E-state index in [-0.39, 0.29) is 21.7 Å². The summed E-state index contributed by atoms with van der Waals surface area (Å²) >= 11 is 0.727. The number of nitriles is 1. The SMILES string of the molecule is [B]c1cc(/C=C2\SC(=O)NC2=O)ccc1Oc1ccc(C#N)cc1C(F)(F)F. The topological polar surface area (TPSA) is 79.2 Å². The maximum atomic E-state index is 13.2. The van der Waals surface area contributed by atoms with Gasteiger partial charge in [0.1, 0.15) is 19.3 Å². The Balaban J connectivity index is 1.91. The molecule has 1 saturated heterocycles. The Morgan fingerprint density at radius 2 is 1.86 bits per heavy atom. The normalized spacial score (nSPS) is 15.4. The second kappa shape index (κ2) is 7.44. The molecular formula is C18H8BF3N2O3S. The van der Waals surface area contributed by atoms with Crippen LogP contribution in [0.3, 0.4) is 0 Å². The van der Waals surface area contributed by atoms with E-state index in [0.29, 0.717) is 11.6 Å². The first-order valence-corrected chi connectivity index (χ1v) is 8.42. The number of imide groups is 1. The van der Waals surface area contributed by atoms with Crippen molar-refractivity contribution in [3.8, 4) is 17.6 Å². The Hall–Kier alpha value is -3.19. The van der Waals surface area contributed by atoms with Crippen LogP contribution in [-0.2, 0) is 11.0 Å². The van der Waals surface area contributed by atoms with Gasteiger partial charge < -0.3 is 4.74 Å². The third-order valence-corrected chi connectivity index (χ3v) is 4.42. The van der Waals surface area contributed by atoms with Crippen molar-refractivity contribution in [2.75, 3.05) is 0 Å². The van der Waals surface area contributed by atoms with Crippen LogP contribution in [0.15, 0.2) is 41.3 Å². The van der Waals surface area contributed by atoms with Crippen LogP contribution in [0.1, 0.15) is 16.7 Å². The van der Waals surface area contributed by atoms with Gasteiger partial charge in [-0.3, -0.25) is 14.9 Å². The lowest BCUT2D eigenvalue weighted by Gasteiger charge is -2.15. The predicted molar refractivity (Wildman–Crippen MR) is 97.2 cm³/mol. The lowest BCUT2D eigenvalue weighted by atomic mass is 9.93. The van der Waals surface area contributed by atoms with Gasteiger partial charge in [-0.05, 0) is 47.7 Å². The van der Waals surface area contributed by atoms with Crippen molar-refractivity contribution in [1.82, 2.24) is 5.32 Å². The second-order valence-corrected chi connectivity index (χ2v) is 6.59. The molecule has 2 radical (unpaired) electrons. The van der Waals surface area contributed by atoms with Crippen molar-refractivity contribution >= 4 is 42.3 Å². The van der Waals surface area contributed by atoms with Crippen molar-refractivity contribution in [1.29, 1.82) is 5.26 Å². The first kappa shape index (κ1) is 19.6. The Morgan fingerprint density at radius 3 is 2.43 bits per heavy atom. The number of amides is 2. The number of carbonyl (C=O) groups is 2. The van der Waals surface area contributed by atoms with E-state index in [2.05, 4.69) is 5.32 Å². The molecule has 0 unspecified atom stereocenters. The first-order valence-electron chi connectivity index (χ1n) is 7.61. The fraction of sp³-hybridized carbons (Fsp3) is 0.0556. The Labute approximate surface area is 162 Å². The number of hydrogen-bond donors (Lipinski definition) is 1. The molecule has 1 heterocycles. The number of benzene rings is 2. The van der Waals surface area contributed by atoms with Gasteiger partial charge in [-0.25, -0.2) is 0 Å². The van der Waals surface area contributed by atoms with Crippen molar-refractivity contribution in [3.63, 3.8) is 0 Å². The van der Waals surface area contributed by atoms with Crippen LogP contribution in [0.5, 0.6) is 11.5 Å². The van der Waals surface area contributed by atoms with Crippen LogP contribution in [0.4, 0.5) is 18.0 Å². The molecule has 5 nitrogen and oxygen atoms in total. The summed E-state index contributed by atoms with van der Waals surface area (Å²) in [6, 6.07) is 8.80. The molecule has 1 aliphatic heterocycles. The number of nitrogens with one attached hydrogen (secondary N) is 1. The number of nitrogens with zero attached hydrogens (tertiary/aromatic N) is 1. The molecule has 10 heteroatoms. The smallest absolute Gasteiger partial charge is 0.420 e. The summed E-state index contributed by atoms with van der Waals surface area (Å²) in [4.78, 5) is 22.9. The van der Waals surface area contributed by atoms with Crippen LogP contribution in [0.2, 0.25) is 0 Å². The molecule has 1 fully saturated rings. The van der Waals surface area contributed by atoms with Gasteiger partial charge in [0.2, 0.25) is 0 Å². The number of halogens is 3. The van der Waals surface area contributed by atoms with Gasteiger partial charge in [0.15, 0.2) is 0 Å². The number of carbonyl (C=O) groups excluding carboxylic acids is 2. The van der Waals surface area contributed by atoms with Crippen LogP contribution in [0.25, 0.3) is 6.08 Å². The minimum Gasteiger partial charge on any atom is -0.457 e. The molecule has 0 aliphatic carbocycles. The lowest BCUT2D eigenvalue weighted by molar-refractivity contribution is -0.138. The van der Waals surface area contributed by atoms with Crippen LogP contribution in [0, 0.1) is 11.3 Å².